The molecule has 0 saturated heterocycles. The average Bonchev–Trinajstić information content (AvgIpc) is 2.82. The quantitative estimate of drug-likeness (QED) is 0.844. The number of pyridine rings is 1. The van der Waals surface area contributed by atoms with E-state index in [4.69, 9.17) is 4.74 Å². The zero-order valence-electron chi connectivity index (χ0n) is 9.40. The van der Waals surface area contributed by atoms with Crippen LogP contribution in [0.5, 0.6) is 5.88 Å². The predicted molar refractivity (Wildman–Crippen MR) is 60.5 cm³/mol. The lowest BCUT2D eigenvalue weighted by Crippen LogP contribution is -2.32. The van der Waals surface area contributed by atoms with Crippen molar-refractivity contribution in [2.75, 3.05) is 7.11 Å². The number of aromatic nitrogens is 1. The van der Waals surface area contributed by atoms with E-state index in [1.807, 2.05) is 0 Å². The lowest BCUT2D eigenvalue weighted by Gasteiger charge is -2.11. The maximum absolute atomic E-state index is 11.9. The number of hydrogen-bond acceptors (Lipinski definition) is 3. The first-order valence-electron chi connectivity index (χ1n) is 5.60. The number of methoxy groups -OCH3 is 1. The van der Waals surface area contributed by atoms with Gasteiger partial charge in [0.25, 0.3) is 5.91 Å². The predicted octanol–water partition coefficient (Wildman–Crippen LogP) is 1.76. The van der Waals surface area contributed by atoms with Crippen molar-refractivity contribution in [3.05, 3.63) is 23.9 Å². The molecule has 0 aliphatic heterocycles. The molecule has 0 radical (unpaired) electrons. The third kappa shape index (κ3) is 2.51. The second-order valence-corrected chi connectivity index (χ2v) is 4.04. The molecule has 0 atom stereocenters. The van der Waals surface area contributed by atoms with Crippen LogP contribution in [0, 0.1) is 0 Å². The summed E-state index contributed by atoms with van der Waals surface area (Å²) >= 11 is 0. The fraction of sp³-hybridized carbons (Fsp3) is 0.500. The second-order valence-electron chi connectivity index (χ2n) is 4.04. The molecule has 16 heavy (non-hydrogen) atoms. The van der Waals surface area contributed by atoms with Crippen molar-refractivity contribution in [1.82, 2.24) is 10.3 Å². The summed E-state index contributed by atoms with van der Waals surface area (Å²) in [5, 5.41) is 3.02. The Morgan fingerprint density at radius 2 is 2.25 bits per heavy atom. The Morgan fingerprint density at radius 1 is 1.50 bits per heavy atom. The van der Waals surface area contributed by atoms with E-state index in [2.05, 4.69) is 10.3 Å². The number of carbonyl (C=O) groups excluding carboxylic acids is 1. The van der Waals surface area contributed by atoms with Crippen molar-refractivity contribution >= 4 is 5.91 Å². The van der Waals surface area contributed by atoms with Gasteiger partial charge in [-0.15, -0.1) is 0 Å². The Labute approximate surface area is 95.0 Å². The largest absolute Gasteiger partial charge is 0.481 e. The standard InChI is InChI=1S/C12H16N2O2/c1-16-11-8-9(6-7-13-11)12(15)14-10-4-2-3-5-10/h6-8,10H,2-5H2,1H3,(H,14,15). The van der Waals surface area contributed by atoms with E-state index in [9.17, 15) is 4.79 Å². The summed E-state index contributed by atoms with van der Waals surface area (Å²) in [5.74, 6) is 0.437. The van der Waals surface area contributed by atoms with Crippen LogP contribution in [0.4, 0.5) is 0 Å². The summed E-state index contributed by atoms with van der Waals surface area (Å²) in [6.45, 7) is 0. The van der Waals surface area contributed by atoms with E-state index in [-0.39, 0.29) is 5.91 Å². The number of hydrogen-bond donors (Lipinski definition) is 1. The number of nitrogens with one attached hydrogen (secondary N) is 1. The van der Waals surface area contributed by atoms with E-state index >= 15 is 0 Å². The van der Waals surface area contributed by atoms with E-state index in [1.54, 1.807) is 25.4 Å². The summed E-state index contributed by atoms with van der Waals surface area (Å²) in [6.07, 6.45) is 6.19. The maximum Gasteiger partial charge on any atom is 0.251 e. The highest BCUT2D eigenvalue weighted by atomic mass is 16.5. The maximum atomic E-state index is 11.9. The second kappa shape index (κ2) is 4.96. The van der Waals surface area contributed by atoms with E-state index in [0.717, 1.165) is 12.8 Å². The van der Waals surface area contributed by atoms with E-state index in [0.29, 0.717) is 17.5 Å². The molecule has 0 bridgehead atoms. The molecular weight excluding hydrogens is 204 g/mol. The van der Waals surface area contributed by atoms with Crippen molar-refractivity contribution in [1.29, 1.82) is 0 Å². The Morgan fingerprint density at radius 3 is 2.94 bits per heavy atom. The van der Waals surface area contributed by atoms with Crippen molar-refractivity contribution in [3.63, 3.8) is 0 Å². The van der Waals surface area contributed by atoms with Crippen LogP contribution in [0.15, 0.2) is 18.3 Å². The molecule has 1 aromatic rings. The molecule has 4 nitrogen and oxygen atoms in total. The van der Waals surface area contributed by atoms with Gasteiger partial charge in [-0.2, -0.15) is 0 Å². The third-order valence-corrected chi connectivity index (χ3v) is 2.90. The minimum atomic E-state index is -0.0346. The van der Waals surface area contributed by atoms with Gasteiger partial charge in [0.2, 0.25) is 5.88 Å². The van der Waals surface area contributed by atoms with Gasteiger partial charge in [0, 0.05) is 23.9 Å². The molecule has 4 heteroatoms. The summed E-state index contributed by atoms with van der Waals surface area (Å²) in [6, 6.07) is 3.70. The topological polar surface area (TPSA) is 51.2 Å². The molecule has 1 saturated carbocycles. The Bertz CT molecular complexity index is 373. The molecule has 0 spiro atoms. The first-order valence-corrected chi connectivity index (χ1v) is 5.60. The Hall–Kier alpha value is -1.58. The third-order valence-electron chi connectivity index (χ3n) is 2.90. The van der Waals surface area contributed by atoms with Crippen LogP contribution >= 0.6 is 0 Å². The van der Waals surface area contributed by atoms with Crippen LogP contribution in [0.2, 0.25) is 0 Å². The van der Waals surface area contributed by atoms with Gasteiger partial charge in [-0.3, -0.25) is 4.79 Å². The lowest BCUT2D eigenvalue weighted by atomic mass is 10.2. The van der Waals surface area contributed by atoms with Gasteiger partial charge in [-0.1, -0.05) is 12.8 Å². The minimum Gasteiger partial charge on any atom is -0.481 e. The van der Waals surface area contributed by atoms with Gasteiger partial charge < -0.3 is 10.1 Å². The summed E-state index contributed by atoms with van der Waals surface area (Å²) in [7, 11) is 1.54. The summed E-state index contributed by atoms with van der Waals surface area (Å²) < 4.78 is 4.98. The van der Waals surface area contributed by atoms with Gasteiger partial charge >= 0.3 is 0 Å². The Kier molecular flexibility index (Phi) is 3.39. The molecule has 1 heterocycles. The fourth-order valence-corrected chi connectivity index (χ4v) is 2.00. The molecule has 1 amide bonds. The van der Waals surface area contributed by atoms with Gasteiger partial charge in [-0.25, -0.2) is 4.98 Å². The van der Waals surface area contributed by atoms with E-state index < -0.39 is 0 Å². The fourth-order valence-electron chi connectivity index (χ4n) is 2.00. The van der Waals surface area contributed by atoms with Gasteiger partial charge in [-0.05, 0) is 18.9 Å². The van der Waals surface area contributed by atoms with Crippen molar-refractivity contribution in [2.45, 2.75) is 31.7 Å². The smallest absolute Gasteiger partial charge is 0.251 e. The van der Waals surface area contributed by atoms with Crippen LogP contribution in [0.25, 0.3) is 0 Å². The zero-order valence-corrected chi connectivity index (χ0v) is 9.40. The molecule has 2 rings (SSSR count). The average molecular weight is 220 g/mol. The van der Waals surface area contributed by atoms with E-state index in [1.165, 1.54) is 12.8 Å². The van der Waals surface area contributed by atoms with Crippen LogP contribution in [0.1, 0.15) is 36.0 Å². The molecular formula is C12H16N2O2. The van der Waals surface area contributed by atoms with Crippen LogP contribution in [-0.4, -0.2) is 24.0 Å². The summed E-state index contributed by atoms with van der Waals surface area (Å²) in [4.78, 5) is 15.8. The van der Waals surface area contributed by atoms with Crippen molar-refractivity contribution in [2.24, 2.45) is 0 Å². The highest BCUT2D eigenvalue weighted by Gasteiger charge is 2.18. The van der Waals surface area contributed by atoms with Crippen molar-refractivity contribution in [3.8, 4) is 5.88 Å². The monoisotopic (exact) mass is 220 g/mol. The number of nitrogens with zero attached hydrogens (tertiary/aromatic N) is 1. The normalized spacial score (nSPS) is 16.1. The van der Waals surface area contributed by atoms with Gasteiger partial charge in [0.05, 0.1) is 7.11 Å². The summed E-state index contributed by atoms with van der Waals surface area (Å²) in [5.41, 5.74) is 0.610. The van der Waals surface area contributed by atoms with Crippen LogP contribution in [-0.2, 0) is 0 Å². The first kappa shape index (κ1) is 10.9. The van der Waals surface area contributed by atoms with Crippen molar-refractivity contribution < 1.29 is 9.53 Å². The SMILES string of the molecule is COc1cc(C(=O)NC2CCCC2)ccn1. The van der Waals surface area contributed by atoms with Crippen LogP contribution < -0.4 is 10.1 Å². The highest BCUT2D eigenvalue weighted by Crippen LogP contribution is 2.18. The molecule has 1 aliphatic carbocycles. The lowest BCUT2D eigenvalue weighted by molar-refractivity contribution is 0.0937. The number of carbonyl (C=O) groups is 1. The number of ether oxygens (including phenoxy) is 1. The molecule has 0 aromatic carbocycles. The van der Waals surface area contributed by atoms with Gasteiger partial charge in [0.15, 0.2) is 0 Å². The Balaban J connectivity index is 2.01. The first-order chi connectivity index (χ1) is 7.79. The molecule has 1 aliphatic rings. The zero-order chi connectivity index (χ0) is 11.4. The van der Waals surface area contributed by atoms with Crippen LogP contribution in [0.3, 0.4) is 0 Å². The number of rotatable bonds is 3. The molecule has 86 valence electrons. The minimum absolute atomic E-state index is 0.0346. The number of amides is 1. The van der Waals surface area contributed by atoms with Gasteiger partial charge in [0.1, 0.15) is 0 Å². The molecule has 1 N–H and O–H groups in total. The molecule has 1 fully saturated rings. The molecule has 0 unspecified atom stereocenters. The highest BCUT2D eigenvalue weighted by molar-refractivity contribution is 5.94. The molecule has 1 aromatic heterocycles.